The Morgan fingerprint density at radius 2 is 2.04 bits per heavy atom. The van der Waals surface area contributed by atoms with E-state index in [-0.39, 0.29) is 12.1 Å². The average molecular weight is 356 g/mol. The number of rotatable bonds is 6. The normalized spacial score (nSPS) is 10.8. The Morgan fingerprint density at radius 1 is 1.23 bits per heavy atom. The molecule has 0 fully saturated rings. The number of guanidine groups is 1. The highest BCUT2D eigenvalue weighted by Gasteiger charge is 2.08. The summed E-state index contributed by atoms with van der Waals surface area (Å²) >= 11 is 0. The highest BCUT2D eigenvalue weighted by molar-refractivity contribution is 5.93. The van der Waals surface area contributed by atoms with Gasteiger partial charge in [-0.05, 0) is 31.2 Å². The van der Waals surface area contributed by atoms with Crippen LogP contribution in [-0.2, 0) is 6.54 Å². The summed E-state index contributed by atoms with van der Waals surface area (Å²) in [6, 6.07) is 11.7. The average Bonchev–Trinajstić information content (AvgIpc) is 2.66. The summed E-state index contributed by atoms with van der Waals surface area (Å²) in [5.41, 5.74) is 1.48. The molecule has 2 rings (SSSR count). The molecule has 26 heavy (non-hydrogen) atoms. The lowest BCUT2D eigenvalue weighted by molar-refractivity contribution is 0.311. The number of aliphatic imine (C=N–C) groups is 1. The minimum atomic E-state index is -0.435. The molecule has 0 heterocycles. The molecule has 0 unspecified atom stereocenters. The van der Waals surface area contributed by atoms with E-state index in [1.807, 2.05) is 19.1 Å². The maximum absolute atomic E-state index is 14.0. The van der Waals surface area contributed by atoms with Crippen LogP contribution in [0.25, 0.3) is 0 Å². The predicted octanol–water partition coefficient (Wildman–Crippen LogP) is 3.29. The Bertz CT molecular complexity index is 831. The number of nitrogens with one attached hydrogen (secondary N) is 2. The van der Waals surface area contributed by atoms with E-state index in [1.54, 1.807) is 38.4 Å². The molecule has 136 valence electrons. The van der Waals surface area contributed by atoms with Crippen molar-refractivity contribution >= 4 is 11.6 Å². The van der Waals surface area contributed by atoms with E-state index < -0.39 is 5.82 Å². The summed E-state index contributed by atoms with van der Waals surface area (Å²) in [7, 11) is 3.19. The van der Waals surface area contributed by atoms with E-state index in [2.05, 4.69) is 15.6 Å². The first-order valence-electron chi connectivity index (χ1n) is 8.08. The molecule has 0 saturated carbocycles. The molecule has 0 bridgehead atoms. The van der Waals surface area contributed by atoms with E-state index in [9.17, 15) is 4.39 Å². The quantitative estimate of drug-likeness (QED) is 0.613. The second-order valence-electron chi connectivity index (χ2n) is 5.27. The third-order valence-electron chi connectivity index (χ3n) is 3.58. The largest absolute Gasteiger partial charge is 0.493 e. The fraction of sp³-hybridized carbons (Fsp3) is 0.263. The van der Waals surface area contributed by atoms with Crippen molar-refractivity contribution in [1.82, 2.24) is 5.32 Å². The lowest BCUT2D eigenvalue weighted by atomic mass is 10.1. The summed E-state index contributed by atoms with van der Waals surface area (Å²) < 4.78 is 24.8. The van der Waals surface area contributed by atoms with Crippen LogP contribution in [0.2, 0.25) is 0 Å². The van der Waals surface area contributed by atoms with Gasteiger partial charge in [0.15, 0.2) is 17.5 Å². The lowest BCUT2D eigenvalue weighted by Gasteiger charge is -2.15. The number of hydrogen-bond donors (Lipinski definition) is 2. The molecule has 2 N–H and O–H groups in total. The van der Waals surface area contributed by atoms with Gasteiger partial charge in [-0.1, -0.05) is 6.07 Å². The molecule has 6 nitrogen and oxygen atoms in total. The lowest BCUT2D eigenvalue weighted by Crippen LogP contribution is -2.30. The number of anilines is 1. The van der Waals surface area contributed by atoms with Gasteiger partial charge in [-0.2, -0.15) is 5.26 Å². The number of halogens is 1. The number of nitrogens with zero attached hydrogens (tertiary/aromatic N) is 2. The Kier molecular flexibility index (Phi) is 6.80. The van der Waals surface area contributed by atoms with Crippen LogP contribution in [0.4, 0.5) is 10.1 Å². The molecule has 0 amide bonds. The molecule has 0 saturated heterocycles. The molecule has 2 aromatic rings. The molecular weight excluding hydrogens is 335 g/mol. The van der Waals surface area contributed by atoms with Gasteiger partial charge in [0.05, 0.1) is 25.3 Å². The Labute approximate surface area is 152 Å². The Morgan fingerprint density at radius 3 is 2.65 bits per heavy atom. The van der Waals surface area contributed by atoms with Gasteiger partial charge in [0.2, 0.25) is 0 Å². The first-order valence-corrected chi connectivity index (χ1v) is 8.08. The van der Waals surface area contributed by atoms with Crippen LogP contribution in [0.15, 0.2) is 41.4 Å². The van der Waals surface area contributed by atoms with Gasteiger partial charge in [0.1, 0.15) is 5.82 Å². The van der Waals surface area contributed by atoms with Crippen molar-refractivity contribution < 1.29 is 13.9 Å². The Hall–Kier alpha value is -3.27. The molecule has 2 aromatic carbocycles. The minimum Gasteiger partial charge on any atom is -0.493 e. The van der Waals surface area contributed by atoms with E-state index in [0.29, 0.717) is 29.6 Å². The summed E-state index contributed by atoms with van der Waals surface area (Å²) in [4.78, 5) is 4.12. The molecule has 0 atom stereocenters. The standard InChI is InChI=1S/C19H21FN4O2/c1-4-26-17-8-7-15(10-18(17)25-3)24-19(22-2)23-12-14-6-5-13(11-21)9-16(14)20/h5-10H,4,12H2,1-3H3,(H2,22,23,24). The maximum Gasteiger partial charge on any atom is 0.195 e. The second kappa shape index (κ2) is 9.28. The number of hydrogen-bond acceptors (Lipinski definition) is 4. The van der Waals surface area contributed by atoms with Crippen LogP contribution in [0.3, 0.4) is 0 Å². The van der Waals surface area contributed by atoms with Gasteiger partial charge < -0.3 is 20.1 Å². The van der Waals surface area contributed by atoms with Crippen LogP contribution >= 0.6 is 0 Å². The van der Waals surface area contributed by atoms with Crippen molar-refractivity contribution in [2.45, 2.75) is 13.5 Å². The number of nitriles is 1. The summed E-state index contributed by atoms with van der Waals surface area (Å²) in [5, 5.41) is 14.9. The van der Waals surface area contributed by atoms with Crippen molar-refractivity contribution in [2.75, 3.05) is 26.1 Å². The zero-order chi connectivity index (χ0) is 18.9. The highest BCUT2D eigenvalue weighted by Crippen LogP contribution is 2.30. The van der Waals surface area contributed by atoms with Gasteiger partial charge >= 0.3 is 0 Å². The van der Waals surface area contributed by atoms with Crippen LogP contribution in [0, 0.1) is 17.1 Å². The van der Waals surface area contributed by atoms with Crippen molar-refractivity contribution in [3.8, 4) is 17.6 Å². The van der Waals surface area contributed by atoms with E-state index in [1.165, 1.54) is 6.07 Å². The maximum atomic E-state index is 14.0. The minimum absolute atomic E-state index is 0.228. The third kappa shape index (κ3) is 4.86. The van der Waals surface area contributed by atoms with Crippen molar-refractivity contribution in [2.24, 2.45) is 4.99 Å². The zero-order valence-corrected chi connectivity index (χ0v) is 15.0. The molecular formula is C19H21FN4O2. The van der Waals surface area contributed by atoms with Gasteiger partial charge in [-0.25, -0.2) is 4.39 Å². The zero-order valence-electron chi connectivity index (χ0n) is 15.0. The molecule has 0 radical (unpaired) electrons. The van der Waals surface area contributed by atoms with E-state index in [0.717, 1.165) is 5.69 Å². The third-order valence-corrected chi connectivity index (χ3v) is 3.58. The number of ether oxygens (including phenoxy) is 2. The van der Waals surface area contributed by atoms with Crippen LogP contribution < -0.4 is 20.1 Å². The van der Waals surface area contributed by atoms with Gasteiger partial charge in [-0.15, -0.1) is 0 Å². The van der Waals surface area contributed by atoms with Gasteiger partial charge in [0, 0.05) is 30.9 Å². The van der Waals surface area contributed by atoms with Gasteiger partial charge in [0.25, 0.3) is 0 Å². The van der Waals surface area contributed by atoms with Crippen molar-refractivity contribution in [3.63, 3.8) is 0 Å². The van der Waals surface area contributed by atoms with Crippen LogP contribution in [0.1, 0.15) is 18.1 Å². The van der Waals surface area contributed by atoms with Crippen molar-refractivity contribution in [3.05, 3.63) is 53.3 Å². The van der Waals surface area contributed by atoms with E-state index in [4.69, 9.17) is 14.7 Å². The van der Waals surface area contributed by atoms with Crippen molar-refractivity contribution in [1.29, 1.82) is 5.26 Å². The molecule has 7 heteroatoms. The molecule has 0 aliphatic heterocycles. The SMILES string of the molecule is CCOc1ccc(NC(=NC)NCc2ccc(C#N)cc2F)cc1OC. The van der Waals surface area contributed by atoms with E-state index >= 15 is 0 Å². The molecule has 0 spiro atoms. The first kappa shape index (κ1) is 19.1. The van der Waals surface area contributed by atoms with Crippen LogP contribution in [-0.4, -0.2) is 26.7 Å². The highest BCUT2D eigenvalue weighted by atomic mass is 19.1. The molecule has 0 aromatic heterocycles. The Balaban J connectivity index is 2.05. The van der Waals surface area contributed by atoms with Crippen LogP contribution in [0.5, 0.6) is 11.5 Å². The number of benzene rings is 2. The smallest absolute Gasteiger partial charge is 0.195 e. The first-order chi connectivity index (χ1) is 12.6. The fourth-order valence-electron chi connectivity index (χ4n) is 2.28. The molecule has 0 aliphatic carbocycles. The predicted molar refractivity (Wildman–Crippen MR) is 99.1 cm³/mol. The molecule has 0 aliphatic rings. The fourth-order valence-corrected chi connectivity index (χ4v) is 2.28. The second-order valence-corrected chi connectivity index (χ2v) is 5.27. The summed E-state index contributed by atoms with van der Waals surface area (Å²) in [6.45, 7) is 2.67. The summed E-state index contributed by atoms with van der Waals surface area (Å²) in [6.07, 6.45) is 0. The van der Waals surface area contributed by atoms with Gasteiger partial charge in [-0.3, -0.25) is 4.99 Å². The number of methoxy groups -OCH3 is 1. The summed E-state index contributed by atoms with van der Waals surface area (Å²) in [5.74, 6) is 1.29. The monoisotopic (exact) mass is 356 g/mol. The topological polar surface area (TPSA) is 78.7 Å².